The van der Waals surface area contributed by atoms with E-state index in [1.54, 1.807) is 11.3 Å². The minimum absolute atomic E-state index is 0.0581. The van der Waals surface area contributed by atoms with Crippen LogP contribution >= 0.6 is 11.3 Å². The summed E-state index contributed by atoms with van der Waals surface area (Å²) in [5.74, 6) is 5.84. The molecule has 4 nitrogen and oxygen atoms in total. The van der Waals surface area contributed by atoms with E-state index in [0.717, 1.165) is 16.2 Å². The van der Waals surface area contributed by atoms with Crippen molar-refractivity contribution >= 4 is 17.2 Å². The number of ether oxygens (including phenoxy) is 1. The molecule has 1 aromatic heterocycles. The Morgan fingerprint density at radius 1 is 1.53 bits per heavy atom. The summed E-state index contributed by atoms with van der Waals surface area (Å²) in [5, 5.41) is 2.89. The second kappa shape index (κ2) is 9.56. The summed E-state index contributed by atoms with van der Waals surface area (Å²) >= 11 is 1.58. The van der Waals surface area contributed by atoms with Crippen molar-refractivity contribution in [2.75, 3.05) is 19.8 Å². The summed E-state index contributed by atoms with van der Waals surface area (Å²) in [5.41, 5.74) is 5.31. The van der Waals surface area contributed by atoms with Gasteiger partial charge in [-0.3, -0.25) is 4.79 Å². The number of hydrogen-bond acceptors (Lipinski definition) is 4. The molecule has 0 aliphatic rings. The predicted octanol–water partition coefficient (Wildman–Crippen LogP) is 1.49. The van der Waals surface area contributed by atoms with Crippen LogP contribution in [-0.2, 0) is 16.1 Å². The van der Waals surface area contributed by atoms with Gasteiger partial charge in [-0.2, -0.15) is 0 Å². The zero-order valence-electron chi connectivity index (χ0n) is 11.2. The second-order valence-corrected chi connectivity index (χ2v) is 5.02. The van der Waals surface area contributed by atoms with Gasteiger partial charge in [0.2, 0.25) is 5.91 Å². The van der Waals surface area contributed by atoms with Crippen molar-refractivity contribution in [2.45, 2.75) is 26.3 Å². The Morgan fingerprint density at radius 3 is 3.11 bits per heavy atom. The number of amides is 1. The summed E-state index contributed by atoms with van der Waals surface area (Å²) < 4.78 is 5.18. The summed E-state index contributed by atoms with van der Waals surface area (Å²) in [6.07, 6.45) is 1.27. The highest BCUT2D eigenvalue weighted by Gasteiger charge is 2.03. The Kier molecular flexibility index (Phi) is 7.91. The molecule has 104 valence electrons. The molecule has 3 N–H and O–H groups in total. The van der Waals surface area contributed by atoms with E-state index in [0.29, 0.717) is 32.7 Å². The maximum Gasteiger partial charge on any atom is 0.220 e. The molecule has 1 heterocycles. The second-order valence-electron chi connectivity index (χ2n) is 3.85. The molecule has 0 saturated heterocycles. The number of carbonyl (C=O) groups excluding carboxylic acids is 1. The maximum absolute atomic E-state index is 11.6. The van der Waals surface area contributed by atoms with E-state index >= 15 is 0 Å². The minimum atomic E-state index is 0.0581. The van der Waals surface area contributed by atoms with Gasteiger partial charge < -0.3 is 15.8 Å². The van der Waals surface area contributed by atoms with Crippen LogP contribution in [0, 0.1) is 11.8 Å². The van der Waals surface area contributed by atoms with Gasteiger partial charge in [0, 0.05) is 24.5 Å². The van der Waals surface area contributed by atoms with Gasteiger partial charge in [-0.15, -0.1) is 11.3 Å². The molecule has 0 bridgehead atoms. The Bertz CT molecular complexity index is 446. The van der Waals surface area contributed by atoms with E-state index < -0.39 is 0 Å². The van der Waals surface area contributed by atoms with Gasteiger partial charge in [-0.05, 0) is 25.5 Å². The molecule has 0 radical (unpaired) electrons. The van der Waals surface area contributed by atoms with Crippen molar-refractivity contribution in [3.05, 3.63) is 21.9 Å². The van der Waals surface area contributed by atoms with Crippen LogP contribution in [-0.4, -0.2) is 25.7 Å². The van der Waals surface area contributed by atoms with Gasteiger partial charge in [-0.1, -0.05) is 11.8 Å². The Labute approximate surface area is 118 Å². The highest BCUT2D eigenvalue weighted by molar-refractivity contribution is 7.12. The number of carbonyl (C=O) groups is 1. The highest BCUT2D eigenvalue weighted by Crippen LogP contribution is 2.14. The summed E-state index contributed by atoms with van der Waals surface area (Å²) in [6, 6.07) is 3.93. The van der Waals surface area contributed by atoms with E-state index in [2.05, 4.69) is 17.2 Å². The van der Waals surface area contributed by atoms with Crippen molar-refractivity contribution < 1.29 is 9.53 Å². The highest BCUT2D eigenvalue weighted by atomic mass is 32.1. The molecule has 0 saturated carbocycles. The first-order valence-electron chi connectivity index (χ1n) is 6.38. The van der Waals surface area contributed by atoms with Crippen LogP contribution in [0.25, 0.3) is 0 Å². The first-order chi connectivity index (χ1) is 9.26. The number of thiophene rings is 1. The summed E-state index contributed by atoms with van der Waals surface area (Å²) in [4.78, 5) is 13.6. The molecule has 1 aromatic rings. The molecule has 1 rings (SSSR count). The molecule has 0 aliphatic carbocycles. The van der Waals surface area contributed by atoms with Crippen molar-refractivity contribution in [2.24, 2.45) is 5.73 Å². The van der Waals surface area contributed by atoms with Gasteiger partial charge in [0.15, 0.2) is 0 Å². The lowest BCUT2D eigenvalue weighted by atomic mass is 10.3. The van der Waals surface area contributed by atoms with Crippen LogP contribution in [0.5, 0.6) is 0 Å². The average Bonchev–Trinajstić information content (AvgIpc) is 2.87. The monoisotopic (exact) mass is 280 g/mol. The molecule has 5 heteroatoms. The van der Waals surface area contributed by atoms with Crippen LogP contribution in [0.2, 0.25) is 0 Å². The third kappa shape index (κ3) is 6.97. The van der Waals surface area contributed by atoms with Crippen molar-refractivity contribution in [3.8, 4) is 11.8 Å². The number of hydrogen-bond donors (Lipinski definition) is 2. The molecule has 0 aliphatic heterocycles. The van der Waals surface area contributed by atoms with E-state index in [1.165, 1.54) is 0 Å². The molecule has 0 spiro atoms. The van der Waals surface area contributed by atoms with E-state index in [1.807, 2.05) is 19.1 Å². The first kappa shape index (κ1) is 15.7. The number of nitrogens with two attached hydrogens (primary N) is 1. The fourth-order valence-corrected chi connectivity index (χ4v) is 2.25. The normalized spacial score (nSPS) is 9.79. The third-order valence-corrected chi connectivity index (χ3v) is 3.33. The SMILES string of the molecule is CCOCCCC(=O)NCc1ccc(C#CCN)s1. The first-order valence-corrected chi connectivity index (χ1v) is 7.20. The van der Waals surface area contributed by atoms with Gasteiger partial charge in [-0.25, -0.2) is 0 Å². The van der Waals surface area contributed by atoms with Gasteiger partial charge in [0.05, 0.1) is 18.0 Å². The summed E-state index contributed by atoms with van der Waals surface area (Å²) in [7, 11) is 0. The van der Waals surface area contributed by atoms with E-state index in [-0.39, 0.29) is 5.91 Å². The fraction of sp³-hybridized carbons (Fsp3) is 0.500. The van der Waals surface area contributed by atoms with Crippen LogP contribution in [0.15, 0.2) is 12.1 Å². The lowest BCUT2D eigenvalue weighted by molar-refractivity contribution is -0.121. The molecule has 19 heavy (non-hydrogen) atoms. The lowest BCUT2D eigenvalue weighted by Crippen LogP contribution is -2.22. The van der Waals surface area contributed by atoms with Crippen molar-refractivity contribution in [1.29, 1.82) is 0 Å². The molecular formula is C14H20N2O2S. The molecule has 0 unspecified atom stereocenters. The van der Waals surface area contributed by atoms with Crippen molar-refractivity contribution in [3.63, 3.8) is 0 Å². The van der Waals surface area contributed by atoms with E-state index in [9.17, 15) is 4.79 Å². The maximum atomic E-state index is 11.6. The number of rotatable bonds is 7. The fourth-order valence-electron chi connectivity index (χ4n) is 1.43. The lowest BCUT2D eigenvalue weighted by Gasteiger charge is -2.03. The molecule has 0 aromatic carbocycles. The third-order valence-electron chi connectivity index (χ3n) is 2.33. The van der Waals surface area contributed by atoms with E-state index in [4.69, 9.17) is 10.5 Å². The predicted molar refractivity (Wildman–Crippen MR) is 77.8 cm³/mol. The molecule has 0 atom stereocenters. The van der Waals surface area contributed by atoms with Gasteiger partial charge in [0.1, 0.15) is 0 Å². The largest absolute Gasteiger partial charge is 0.382 e. The Hall–Kier alpha value is -1.35. The quantitative estimate of drug-likeness (QED) is 0.587. The standard InChI is InChI=1S/C14H20N2O2S/c1-2-18-10-4-6-14(17)16-11-13-8-7-12(19-13)5-3-9-15/h7-8H,2,4,6,9-11,15H2,1H3,(H,16,17). The smallest absolute Gasteiger partial charge is 0.220 e. The van der Waals surface area contributed by atoms with Gasteiger partial charge >= 0.3 is 0 Å². The zero-order valence-corrected chi connectivity index (χ0v) is 12.0. The van der Waals surface area contributed by atoms with Gasteiger partial charge in [0.25, 0.3) is 0 Å². The average molecular weight is 280 g/mol. The van der Waals surface area contributed by atoms with Crippen molar-refractivity contribution in [1.82, 2.24) is 5.32 Å². The molecule has 0 fully saturated rings. The van der Waals surface area contributed by atoms with Crippen LogP contribution < -0.4 is 11.1 Å². The molecular weight excluding hydrogens is 260 g/mol. The Balaban J connectivity index is 2.24. The minimum Gasteiger partial charge on any atom is -0.382 e. The Morgan fingerprint density at radius 2 is 2.37 bits per heavy atom. The molecule has 1 amide bonds. The van der Waals surface area contributed by atoms with Crippen LogP contribution in [0.3, 0.4) is 0 Å². The summed E-state index contributed by atoms with van der Waals surface area (Å²) in [6.45, 7) is 4.21. The topological polar surface area (TPSA) is 64.3 Å². The van der Waals surface area contributed by atoms with Crippen LogP contribution in [0.1, 0.15) is 29.5 Å². The number of nitrogens with one attached hydrogen (secondary N) is 1. The zero-order chi connectivity index (χ0) is 13.9. The van der Waals surface area contributed by atoms with Crippen LogP contribution in [0.4, 0.5) is 0 Å².